The van der Waals surface area contributed by atoms with E-state index < -0.39 is 10.0 Å². The highest BCUT2D eigenvalue weighted by Crippen LogP contribution is 2.25. The molecule has 144 valence electrons. The number of halogens is 1. The van der Waals surface area contributed by atoms with Gasteiger partial charge in [0, 0.05) is 23.5 Å². The van der Waals surface area contributed by atoms with Crippen LogP contribution < -0.4 is 0 Å². The lowest BCUT2D eigenvalue weighted by atomic mass is 10.1. The minimum Gasteiger partial charge on any atom is -0.264 e. The number of benzene rings is 2. The van der Waals surface area contributed by atoms with Gasteiger partial charge in [-0.1, -0.05) is 42.5 Å². The standard InChI is InChI=1S/C22H16FN3O2S/c23-20-8-4-6-17(14-20)11-12-19-16-26(25-22(19)18-7-5-13-24-15-18)29(27,28)21-9-2-1-3-10-21/h1-16H/b12-11+. The van der Waals surface area contributed by atoms with E-state index in [1.807, 2.05) is 0 Å². The predicted octanol–water partition coefficient (Wildman–Crippen LogP) is 4.49. The molecule has 2 aromatic heterocycles. The van der Waals surface area contributed by atoms with Crippen molar-refractivity contribution in [3.8, 4) is 11.3 Å². The lowest BCUT2D eigenvalue weighted by molar-refractivity contribution is 0.580. The summed E-state index contributed by atoms with van der Waals surface area (Å²) < 4.78 is 40.3. The molecule has 0 saturated carbocycles. The molecule has 0 aliphatic carbocycles. The number of hydrogen-bond donors (Lipinski definition) is 0. The van der Waals surface area contributed by atoms with E-state index in [1.165, 1.54) is 30.5 Å². The van der Waals surface area contributed by atoms with E-state index in [2.05, 4.69) is 10.1 Å². The Morgan fingerprint density at radius 3 is 2.48 bits per heavy atom. The quantitative estimate of drug-likeness (QED) is 0.491. The van der Waals surface area contributed by atoms with Crippen LogP contribution in [0.4, 0.5) is 4.39 Å². The smallest absolute Gasteiger partial charge is 0.264 e. The molecule has 7 heteroatoms. The Balaban J connectivity index is 1.82. The van der Waals surface area contributed by atoms with E-state index in [1.54, 1.807) is 67.0 Å². The van der Waals surface area contributed by atoms with Crippen molar-refractivity contribution >= 4 is 22.2 Å². The maximum Gasteiger partial charge on any atom is 0.282 e. The lowest BCUT2D eigenvalue weighted by Crippen LogP contribution is -2.13. The zero-order chi connectivity index (χ0) is 20.3. The van der Waals surface area contributed by atoms with Crippen LogP contribution in [0, 0.1) is 5.82 Å². The number of nitrogens with zero attached hydrogens (tertiary/aromatic N) is 3. The molecule has 0 N–H and O–H groups in total. The van der Waals surface area contributed by atoms with Crippen LogP contribution in [0.3, 0.4) is 0 Å². The fourth-order valence-corrected chi connectivity index (χ4v) is 3.99. The molecule has 0 spiro atoms. The summed E-state index contributed by atoms with van der Waals surface area (Å²) in [6, 6.07) is 17.8. The molecule has 2 aromatic carbocycles. The maximum absolute atomic E-state index is 13.4. The molecule has 4 rings (SSSR count). The first-order valence-corrected chi connectivity index (χ1v) is 10.2. The third kappa shape index (κ3) is 4.00. The van der Waals surface area contributed by atoms with Gasteiger partial charge in [-0.2, -0.15) is 17.6 Å². The van der Waals surface area contributed by atoms with Crippen LogP contribution in [-0.2, 0) is 10.0 Å². The maximum atomic E-state index is 13.4. The van der Waals surface area contributed by atoms with Crippen LogP contribution >= 0.6 is 0 Å². The molecule has 0 radical (unpaired) electrons. The van der Waals surface area contributed by atoms with Gasteiger partial charge >= 0.3 is 0 Å². The SMILES string of the molecule is O=S(=O)(c1ccccc1)n1cc(/C=C/c2cccc(F)c2)c(-c2cccnc2)n1. The van der Waals surface area contributed by atoms with Gasteiger partial charge in [0.2, 0.25) is 0 Å². The van der Waals surface area contributed by atoms with Crippen LogP contribution in [0.25, 0.3) is 23.4 Å². The molecule has 5 nitrogen and oxygen atoms in total. The van der Waals surface area contributed by atoms with Gasteiger partial charge in [0.25, 0.3) is 10.0 Å². The minimum absolute atomic E-state index is 0.140. The molecule has 0 aliphatic heterocycles. The van der Waals surface area contributed by atoms with Crippen molar-refractivity contribution in [2.75, 3.05) is 0 Å². The van der Waals surface area contributed by atoms with E-state index >= 15 is 0 Å². The van der Waals surface area contributed by atoms with Crippen LogP contribution in [0.1, 0.15) is 11.1 Å². The van der Waals surface area contributed by atoms with Crippen molar-refractivity contribution in [3.63, 3.8) is 0 Å². The second-order valence-electron chi connectivity index (χ2n) is 6.25. The Kier molecular flexibility index (Phi) is 5.05. The monoisotopic (exact) mass is 405 g/mol. The number of hydrogen-bond acceptors (Lipinski definition) is 4. The van der Waals surface area contributed by atoms with Crippen molar-refractivity contribution in [1.29, 1.82) is 0 Å². The summed E-state index contributed by atoms with van der Waals surface area (Å²) in [4.78, 5) is 4.23. The largest absolute Gasteiger partial charge is 0.282 e. The number of pyridine rings is 1. The summed E-state index contributed by atoms with van der Waals surface area (Å²) in [5, 5.41) is 4.32. The average Bonchev–Trinajstić information content (AvgIpc) is 3.19. The molecule has 4 aromatic rings. The van der Waals surface area contributed by atoms with E-state index in [4.69, 9.17) is 0 Å². The molecule has 0 unspecified atom stereocenters. The van der Waals surface area contributed by atoms with Gasteiger partial charge in [0.15, 0.2) is 0 Å². The van der Waals surface area contributed by atoms with E-state index in [0.717, 1.165) is 4.09 Å². The van der Waals surface area contributed by atoms with Gasteiger partial charge in [0.1, 0.15) is 11.5 Å². The molecule has 0 atom stereocenters. The molecule has 0 fully saturated rings. The van der Waals surface area contributed by atoms with Crippen LogP contribution in [0.15, 0.2) is 90.2 Å². The van der Waals surface area contributed by atoms with Crippen molar-refractivity contribution in [2.45, 2.75) is 4.90 Å². The second kappa shape index (κ2) is 7.81. The first-order chi connectivity index (χ1) is 14.0. The zero-order valence-corrected chi connectivity index (χ0v) is 16.0. The summed E-state index contributed by atoms with van der Waals surface area (Å²) in [6.07, 6.45) is 8.10. The Bertz CT molecular complexity index is 1270. The predicted molar refractivity (Wildman–Crippen MR) is 110 cm³/mol. The normalized spacial score (nSPS) is 11.8. The van der Waals surface area contributed by atoms with Gasteiger partial charge < -0.3 is 0 Å². The topological polar surface area (TPSA) is 64.8 Å². The summed E-state index contributed by atoms with van der Waals surface area (Å²) in [6.45, 7) is 0. The van der Waals surface area contributed by atoms with Crippen molar-refractivity contribution < 1.29 is 12.8 Å². The van der Waals surface area contributed by atoms with Crippen molar-refractivity contribution in [2.24, 2.45) is 0 Å². The molecule has 2 heterocycles. The van der Waals surface area contributed by atoms with Crippen LogP contribution in [-0.4, -0.2) is 22.6 Å². The van der Waals surface area contributed by atoms with E-state index in [-0.39, 0.29) is 10.7 Å². The molecule has 29 heavy (non-hydrogen) atoms. The Hall–Kier alpha value is -3.58. The Labute approximate surface area is 167 Å². The fraction of sp³-hybridized carbons (Fsp3) is 0. The Morgan fingerprint density at radius 1 is 0.931 bits per heavy atom. The highest BCUT2D eigenvalue weighted by molar-refractivity contribution is 7.89. The van der Waals surface area contributed by atoms with Gasteiger partial charge in [-0.05, 0) is 42.0 Å². The third-order valence-corrected chi connectivity index (χ3v) is 5.80. The Morgan fingerprint density at radius 2 is 1.76 bits per heavy atom. The third-order valence-electron chi connectivity index (χ3n) is 4.25. The van der Waals surface area contributed by atoms with Gasteiger partial charge in [-0.15, -0.1) is 0 Å². The second-order valence-corrected chi connectivity index (χ2v) is 8.05. The molecular formula is C22H16FN3O2S. The fourth-order valence-electron chi connectivity index (χ4n) is 2.83. The lowest BCUT2D eigenvalue weighted by Gasteiger charge is -2.03. The van der Waals surface area contributed by atoms with Gasteiger partial charge in [0.05, 0.1) is 11.1 Å². The van der Waals surface area contributed by atoms with Crippen LogP contribution in [0.2, 0.25) is 0 Å². The number of aromatic nitrogens is 3. The summed E-state index contributed by atoms with van der Waals surface area (Å²) in [7, 11) is -3.85. The molecule has 0 aliphatic rings. The molecule has 0 bridgehead atoms. The average molecular weight is 405 g/mol. The van der Waals surface area contributed by atoms with E-state index in [9.17, 15) is 12.8 Å². The first-order valence-electron chi connectivity index (χ1n) is 8.78. The van der Waals surface area contributed by atoms with Crippen LogP contribution in [0.5, 0.6) is 0 Å². The van der Waals surface area contributed by atoms with E-state index in [0.29, 0.717) is 22.4 Å². The first kappa shape index (κ1) is 18.8. The highest BCUT2D eigenvalue weighted by atomic mass is 32.2. The minimum atomic E-state index is -3.85. The summed E-state index contributed by atoms with van der Waals surface area (Å²) in [5.74, 6) is -0.345. The van der Waals surface area contributed by atoms with Gasteiger partial charge in [-0.25, -0.2) is 4.39 Å². The summed E-state index contributed by atoms with van der Waals surface area (Å²) in [5.41, 5.74) is 2.36. The van der Waals surface area contributed by atoms with Gasteiger partial charge in [-0.3, -0.25) is 4.98 Å². The summed E-state index contributed by atoms with van der Waals surface area (Å²) >= 11 is 0. The van der Waals surface area contributed by atoms with Crippen molar-refractivity contribution in [3.05, 3.63) is 102 Å². The number of rotatable bonds is 5. The van der Waals surface area contributed by atoms with Crippen molar-refractivity contribution in [1.82, 2.24) is 14.2 Å². The zero-order valence-electron chi connectivity index (χ0n) is 15.2. The molecular weight excluding hydrogens is 389 g/mol. The molecule has 0 amide bonds. The molecule has 0 saturated heterocycles. The highest BCUT2D eigenvalue weighted by Gasteiger charge is 2.20.